The molecule has 3 N–H and O–H groups in total. The summed E-state index contributed by atoms with van der Waals surface area (Å²) in [6.45, 7) is 8.86. The normalized spacial score (nSPS) is 13.0. The number of hydrogen-bond donors (Lipinski definition) is 3. The van der Waals surface area contributed by atoms with Crippen LogP contribution in [0.1, 0.15) is 45.1 Å². The molecule has 3 amide bonds. The Bertz CT molecular complexity index is 1680. The molecule has 0 aliphatic carbocycles. The summed E-state index contributed by atoms with van der Waals surface area (Å²) in [5.74, 6) is -0.395. The van der Waals surface area contributed by atoms with E-state index in [1.807, 2.05) is 80.1 Å². The number of amides is 3. The van der Waals surface area contributed by atoms with Gasteiger partial charge in [0.05, 0.1) is 23.0 Å². The van der Waals surface area contributed by atoms with Crippen molar-refractivity contribution in [3.8, 4) is 16.8 Å². The summed E-state index contributed by atoms with van der Waals surface area (Å²) in [5.41, 5.74) is 6.40. The van der Waals surface area contributed by atoms with Gasteiger partial charge in [-0.05, 0) is 79.9 Å². The third-order valence-corrected chi connectivity index (χ3v) is 7.11. The van der Waals surface area contributed by atoms with Gasteiger partial charge >= 0.3 is 12.2 Å². The van der Waals surface area contributed by atoms with Crippen molar-refractivity contribution in [1.29, 1.82) is 0 Å². The molecule has 0 fully saturated rings. The molecule has 0 aliphatic rings. The zero-order valence-electron chi connectivity index (χ0n) is 25.5. The lowest BCUT2D eigenvalue weighted by Crippen LogP contribution is -2.36. The first-order valence-electron chi connectivity index (χ1n) is 14.7. The van der Waals surface area contributed by atoms with Gasteiger partial charge in [0, 0.05) is 17.9 Å². The molecule has 1 heterocycles. The van der Waals surface area contributed by atoms with Crippen LogP contribution in [0.15, 0.2) is 90.2 Å². The van der Waals surface area contributed by atoms with E-state index in [1.165, 1.54) is 0 Å². The molecule has 0 spiro atoms. The van der Waals surface area contributed by atoms with Gasteiger partial charge in [0.25, 0.3) is 0 Å². The zero-order chi connectivity index (χ0) is 32.6. The fourth-order valence-electron chi connectivity index (χ4n) is 4.81. The van der Waals surface area contributed by atoms with Gasteiger partial charge in [-0.3, -0.25) is 14.4 Å². The van der Waals surface area contributed by atoms with Crippen molar-refractivity contribution in [1.82, 2.24) is 20.2 Å². The molecule has 11 heteroatoms. The third kappa shape index (κ3) is 9.28. The lowest BCUT2D eigenvalue weighted by Gasteiger charge is -2.17. The highest BCUT2D eigenvalue weighted by Crippen LogP contribution is 2.28. The first kappa shape index (κ1) is 33.0. The molecule has 236 valence electrons. The number of carbonyl (C=O) groups excluding carboxylic acids is 2. The van der Waals surface area contributed by atoms with E-state index in [-0.39, 0.29) is 17.9 Å². The second kappa shape index (κ2) is 14.7. The van der Waals surface area contributed by atoms with Crippen molar-refractivity contribution in [2.75, 3.05) is 18.4 Å². The van der Waals surface area contributed by atoms with E-state index in [1.54, 1.807) is 29.8 Å². The third-order valence-electron chi connectivity index (χ3n) is 7.11. The van der Waals surface area contributed by atoms with Gasteiger partial charge in [0.2, 0.25) is 5.91 Å². The monoisotopic (exact) mass is 618 g/mol. The Hall–Kier alpha value is -4.93. The molecule has 0 bridgehead atoms. The number of fused-ring (bicyclic) bond motifs is 1. The van der Waals surface area contributed by atoms with Crippen molar-refractivity contribution >= 4 is 34.9 Å². The minimum absolute atomic E-state index is 0.0295. The largest absolute Gasteiger partial charge is 0.405 e. The zero-order valence-corrected chi connectivity index (χ0v) is 25.5. The molecule has 0 radical (unpaired) electrons. The molecule has 45 heavy (non-hydrogen) atoms. The highest BCUT2D eigenvalue weighted by Gasteiger charge is 2.27. The molecule has 0 saturated carbocycles. The van der Waals surface area contributed by atoms with E-state index in [4.69, 9.17) is 0 Å². The number of nitrogens with one attached hydrogen (secondary N) is 3. The van der Waals surface area contributed by atoms with E-state index in [0.29, 0.717) is 17.9 Å². The van der Waals surface area contributed by atoms with Crippen molar-refractivity contribution in [3.63, 3.8) is 0 Å². The minimum Gasteiger partial charge on any atom is -0.353 e. The number of halogens is 3. The maximum atomic E-state index is 12.9. The summed E-state index contributed by atoms with van der Waals surface area (Å²) in [4.78, 5) is 33.9. The number of rotatable bonds is 12. The molecular formula is C34H37F3N6O2. The fraction of sp³-hybridized carbons (Fsp3) is 0.294. The molecule has 2 atom stereocenters. The van der Waals surface area contributed by atoms with Crippen LogP contribution in [0.25, 0.3) is 27.8 Å². The average molecular weight is 619 g/mol. The highest BCUT2D eigenvalue weighted by molar-refractivity contribution is 5.90. The molecular weight excluding hydrogens is 581 g/mol. The predicted octanol–water partition coefficient (Wildman–Crippen LogP) is 7.41. The fourth-order valence-corrected chi connectivity index (χ4v) is 4.81. The predicted molar refractivity (Wildman–Crippen MR) is 173 cm³/mol. The van der Waals surface area contributed by atoms with Gasteiger partial charge in [0.15, 0.2) is 0 Å². The maximum absolute atomic E-state index is 12.9. The van der Waals surface area contributed by atoms with E-state index in [0.717, 1.165) is 46.1 Å². The van der Waals surface area contributed by atoms with Crippen molar-refractivity contribution < 1.29 is 22.8 Å². The molecule has 8 nitrogen and oxygen atoms in total. The molecule has 4 aromatic rings. The Morgan fingerprint density at radius 3 is 2.47 bits per heavy atom. The van der Waals surface area contributed by atoms with E-state index in [9.17, 15) is 22.8 Å². The standard InChI is InChI=1S/C34H37F3N6O2/c1-5-15-38-28(16-22(2)3)19-39-32(44)23(4)24-9-11-25(12-10-24)26-13-14-31-30(17-26)41-21-43(31)29-8-6-7-27(18-29)42-33(45)40-20-34(35,36)37/h6-15,17-18,21,23,28H,2,5,16,19-20H2,1,3-4H3,(H,39,44)(H2,40,42,45). The van der Waals surface area contributed by atoms with E-state index in [2.05, 4.69) is 27.2 Å². The van der Waals surface area contributed by atoms with Crippen LogP contribution in [0.5, 0.6) is 0 Å². The van der Waals surface area contributed by atoms with Gasteiger partial charge in [-0.15, -0.1) is 6.58 Å². The van der Waals surface area contributed by atoms with Crippen LogP contribution in [0.3, 0.4) is 0 Å². The summed E-state index contributed by atoms with van der Waals surface area (Å²) in [6.07, 6.45) is 0.581. The number of carbonyl (C=O) groups is 2. The second-order valence-corrected chi connectivity index (χ2v) is 10.9. The lowest BCUT2D eigenvalue weighted by molar-refractivity contribution is -0.123. The topological polar surface area (TPSA) is 100 Å². The first-order chi connectivity index (χ1) is 21.4. The Morgan fingerprint density at radius 2 is 1.78 bits per heavy atom. The van der Waals surface area contributed by atoms with Gasteiger partial charge < -0.3 is 16.0 Å². The Morgan fingerprint density at radius 1 is 1.04 bits per heavy atom. The molecule has 0 aliphatic heterocycles. The van der Waals surface area contributed by atoms with Gasteiger partial charge in [-0.2, -0.15) is 13.2 Å². The van der Waals surface area contributed by atoms with Gasteiger partial charge in [-0.1, -0.05) is 48.9 Å². The summed E-state index contributed by atoms with van der Waals surface area (Å²) < 4.78 is 39.0. The van der Waals surface area contributed by atoms with Crippen LogP contribution in [-0.2, 0) is 4.79 Å². The number of alkyl halides is 3. The van der Waals surface area contributed by atoms with Crippen molar-refractivity contribution in [2.45, 2.75) is 51.7 Å². The summed E-state index contributed by atoms with van der Waals surface area (Å²) in [5, 5.41) is 7.25. The Kier molecular flexibility index (Phi) is 10.8. The summed E-state index contributed by atoms with van der Waals surface area (Å²) >= 11 is 0. The van der Waals surface area contributed by atoms with Crippen LogP contribution >= 0.6 is 0 Å². The van der Waals surface area contributed by atoms with Crippen molar-refractivity contribution in [3.05, 3.63) is 90.8 Å². The molecule has 0 saturated heterocycles. The summed E-state index contributed by atoms with van der Waals surface area (Å²) in [7, 11) is 0. The van der Waals surface area contributed by atoms with Gasteiger partial charge in [-0.25, -0.2) is 9.78 Å². The highest BCUT2D eigenvalue weighted by atomic mass is 19.4. The Labute approximate surface area is 260 Å². The number of benzene rings is 3. The van der Waals surface area contributed by atoms with E-state index >= 15 is 0 Å². The number of urea groups is 1. The molecule has 1 aromatic heterocycles. The molecule has 3 aromatic carbocycles. The van der Waals surface area contributed by atoms with Crippen LogP contribution in [0.2, 0.25) is 0 Å². The lowest BCUT2D eigenvalue weighted by atomic mass is 9.96. The van der Waals surface area contributed by atoms with Crippen LogP contribution in [0.4, 0.5) is 23.7 Å². The molecule has 4 rings (SSSR count). The second-order valence-electron chi connectivity index (χ2n) is 10.9. The Balaban J connectivity index is 1.43. The number of aromatic nitrogens is 2. The van der Waals surface area contributed by atoms with Crippen LogP contribution < -0.4 is 16.0 Å². The number of anilines is 1. The average Bonchev–Trinajstić information content (AvgIpc) is 3.44. The number of imidazole rings is 1. The maximum Gasteiger partial charge on any atom is 0.405 e. The number of hydrogen-bond acceptors (Lipinski definition) is 4. The van der Waals surface area contributed by atoms with Crippen LogP contribution in [-0.4, -0.2) is 53.0 Å². The van der Waals surface area contributed by atoms with Crippen molar-refractivity contribution in [2.24, 2.45) is 4.99 Å². The number of nitrogens with zero attached hydrogens (tertiary/aromatic N) is 3. The number of aliphatic imine (C=N–C) groups is 1. The smallest absolute Gasteiger partial charge is 0.353 e. The SMILES string of the molecule is C=C(C)CC(CNC(=O)C(C)c1ccc(-c2ccc3c(c2)ncn3-c2cccc(NC(=O)NCC(F)(F)F)c2)cc1)N=CCC. The van der Waals surface area contributed by atoms with E-state index < -0.39 is 18.8 Å². The summed E-state index contributed by atoms with van der Waals surface area (Å²) in [6, 6.07) is 19.5. The minimum atomic E-state index is -4.50. The quantitative estimate of drug-likeness (QED) is 0.114. The molecule has 2 unspecified atom stereocenters. The van der Waals surface area contributed by atoms with Gasteiger partial charge in [0.1, 0.15) is 12.9 Å². The first-order valence-corrected chi connectivity index (χ1v) is 14.7. The van der Waals surface area contributed by atoms with Crippen LogP contribution in [0, 0.1) is 0 Å².